The molecule has 0 atom stereocenters. The Labute approximate surface area is 139 Å². The predicted octanol–water partition coefficient (Wildman–Crippen LogP) is 4.09. The van der Waals surface area contributed by atoms with Gasteiger partial charge in [-0.05, 0) is 32.3 Å². The van der Waals surface area contributed by atoms with Gasteiger partial charge in [0.15, 0.2) is 0 Å². The van der Waals surface area contributed by atoms with Gasteiger partial charge in [0, 0.05) is 31.4 Å². The summed E-state index contributed by atoms with van der Waals surface area (Å²) in [5.74, 6) is 1.79. The van der Waals surface area contributed by atoms with Gasteiger partial charge in [-0.15, -0.1) is 0 Å². The molecule has 1 aromatic heterocycles. The average molecular weight is 310 g/mol. The van der Waals surface area contributed by atoms with Gasteiger partial charge < -0.3 is 10.2 Å². The minimum Gasteiger partial charge on any atom is -0.366 e. The van der Waals surface area contributed by atoms with E-state index in [1.165, 1.54) is 36.8 Å². The first-order chi connectivity index (χ1) is 11.2. The fourth-order valence-electron chi connectivity index (χ4n) is 2.95. The van der Waals surface area contributed by atoms with Crippen LogP contribution in [0.3, 0.4) is 0 Å². The Balaban J connectivity index is 1.70. The van der Waals surface area contributed by atoms with E-state index in [1.54, 1.807) is 0 Å². The normalized spacial score (nSPS) is 15.3. The molecule has 4 heteroatoms. The summed E-state index contributed by atoms with van der Waals surface area (Å²) in [5.41, 5.74) is 3.57. The van der Waals surface area contributed by atoms with Crippen molar-refractivity contribution < 1.29 is 0 Å². The molecule has 0 unspecified atom stereocenters. The Morgan fingerprint density at radius 3 is 2.35 bits per heavy atom. The van der Waals surface area contributed by atoms with E-state index in [-0.39, 0.29) is 0 Å². The lowest BCUT2D eigenvalue weighted by molar-refractivity contribution is 0.726. The van der Waals surface area contributed by atoms with E-state index in [9.17, 15) is 0 Å². The van der Waals surface area contributed by atoms with Crippen LogP contribution in [0, 0.1) is 13.8 Å². The molecular weight excluding hydrogens is 284 g/mol. The van der Waals surface area contributed by atoms with Crippen LogP contribution >= 0.6 is 0 Å². The SMILES string of the molecule is Cc1ccc(CNc2cc(C)nc(N3CCCCCC3)n2)cc1. The molecule has 0 spiro atoms. The quantitative estimate of drug-likeness (QED) is 0.923. The van der Waals surface area contributed by atoms with E-state index in [2.05, 4.69) is 46.4 Å². The molecule has 2 aromatic rings. The maximum absolute atomic E-state index is 4.74. The molecule has 1 aromatic carbocycles. The summed E-state index contributed by atoms with van der Waals surface area (Å²) in [6.45, 7) is 7.08. The lowest BCUT2D eigenvalue weighted by atomic mass is 10.1. The van der Waals surface area contributed by atoms with Crippen LogP contribution in [0.1, 0.15) is 42.5 Å². The van der Waals surface area contributed by atoms with Crippen molar-refractivity contribution in [1.29, 1.82) is 0 Å². The molecule has 1 aliphatic rings. The highest BCUT2D eigenvalue weighted by Gasteiger charge is 2.13. The first-order valence-electron chi connectivity index (χ1n) is 8.61. The zero-order valence-corrected chi connectivity index (χ0v) is 14.2. The predicted molar refractivity (Wildman–Crippen MR) is 96.0 cm³/mol. The maximum atomic E-state index is 4.74. The summed E-state index contributed by atoms with van der Waals surface area (Å²) in [5, 5.41) is 3.44. The third kappa shape index (κ3) is 4.44. The molecule has 0 saturated carbocycles. The molecule has 0 aliphatic carbocycles. The molecule has 23 heavy (non-hydrogen) atoms. The fourth-order valence-corrected chi connectivity index (χ4v) is 2.95. The van der Waals surface area contributed by atoms with Crippen LogP contribution in [0.5, 0.6) is 0 Å². The Bertz CT molecular complexity index is 628. The molecule has 1 aliphatic heterocycles. The maximum Gasteiger partial charge on any atom is 0.227 e. The molecule has 1 fully saturated rings. The number of hydrogen-bond acceptors (Lipinski definition) is 4. The third-order valence-electron chi connectivity index (χ3n) is 4.33. The van der Waals surface area contributed by atoms with Crippen LogP contribution in [0.2, 0.25) is 0 Å². The number of aromatic nitrogens is 2. The Morgan fingerprint density at radius 1 is 0.957 bits per heavy atom. The number of rotatable bonds is 4. The van der Waals surface area contributed by atoms with Gasteiger partial charge in [-0.2, -0.15) is 4.98 Å². The topological polar surface area (TPSA) is 41.1 Å². The van der Waals surface area contributed by atoms with Crippen LogP contribution < -0.4 is 10.2 Å². The number of hydrogen-bond donors (Lipinski definition) is 1. The molecule has 0 bridgehead atoms. The Morgan fingerprint density at radius 2 is 1.65 bits per heavy atom. The van der Waals surface area contributed by atoms with E-state index in [0.717, 1.165) is 37.1 Å². The molecule has 122 valence electrons. The summed E-state index contributed by atoms with van der Waals surface area (Å²) >= 11 is 0. The lowest BCUT2D eigenvalue weighted by Gasteiger charge is -2.21. The number of anilines is 2. The Hall–Kier alpha value is -2.10. The summed E-state index contributed by atoms with van der Waals surface area (Å²) in [4.78, 5) is 11.7. The molecule has 0 radical (unpaired) electrons. The largest absolute Gasteiger partial charge is 0.366 e. The van der Waals surface area contributed by atoms with Crippen LogP contribution in [-0.2, 0) is 6.54 Å². The van der Waals surface area contributed by atoms with Gasteiger partial charge in [-0.1, -0.05) is 42.7 Å². The van der Waals surface area contributed by atoms with E-state index in [0.29, 0.717) is 0 Å². The number of benzene rings is 1. The zero-order chi connectivity index (χ0) is 16.1. The monoisotopic (exact) mass is 310 g/mol. The highest BCUT2D eigenvalue weighted by atomic mass is 15.3. The second-order valence-corrected chi connectivity index (χ2v) is 6.43. The molecule has 1 N–H and O–H groups in total. The minimum atomic E-state index is 0.788. The summed E-state index contributed by atoms with van der Waals surface area (Å²) in [6.07, 6.45) is 5.12. The highest BCUT2D eigenvalue weighted by Crippen LogP contribution is 2.18. The average Bonchev–Trinajstić information content (AvgIpc) is 2.83. The molecule has 2 heterocycles. The Kier molecular flexibility index (Phi) is 5.11. The molecule has 1 saturated heterocycles. The molecule has 4 nitrogen and oxygen atoms in total. The van der Waals surface area contributed by atoms with Gasteiger partial charge in [0.05, 0.1) is 0 Å². The van der Waals surface area contributed by atoms with E-state index >= 15 is 0 Å². The third-order valence-corrected chi connectivity index (χ3v) is 4.33. The zero-order valence-electron chi connectivity index (χ0n) is 14.2. The van der Waals surface area contributed by atoms with Gasteiger partial charge >= 0.3 is 0 Å². The van der Waals surface area contributed by atoms with Crippen molar-refractivity contribution in [3.63, 3.8) is 0 Å². The van der Waals surface area contributed by atoms with Crippen molar-refractivity contribution in [2.45, 2.75) is 46.1 Å². The first-order valence-corrected chi connectivity index (χ1v) is 8.61. The number of nitrogens with zero attached hydrogens (tertiary/aromatic N) is 3. The van der Waals surface area contributed by atoms with Gasteiger partial charge in [-0.3, -0.25) is 0 Å². The number of nitrogens with one attached hydrogen (secondary N) is 1. The van der Waals surface area contributed by atoms with Crippen molar-refractivity contribution >= 4 is 11.8 Å². The van der Waals surface area contributed by atoms with Crippen LogP contribution in [0.4, 0.5) is 11.8 Å². The van der Waals surface area contributed by atoms with Gasteiger partial charge in [0.2, 0.25) is 5.95 Å². The summed E-state index contributed by atoms with van der Waals surface area (Å²) in [7, 11) is 0. The minimum absolute atomic E-state index is 0.788. The van der Waals surface area contributed by atoms with Gasteiger partial charge in [0.1, 0.15) is 5.82 Å². The fraction of sp³-hybridized carbons (Fsp3) is 0.474. The lowest BCUT2D eigenvalue weighted by Crippen LogP contribution is -2.26. The van der Waals surface area contributed by atoms with Crippen molar-refractivity contribution in [3.05, 3.63) is 47.2 Å². The standard InChI is InChI=1S/C19H26N4/c1-15-7-9-17(10-8-15)14-20-18-13-16(2)21-19(22-18)23-11-5-3-4-6-12-23/h7-10,13H,3-6,11-12,14H2,1-2H3,(H,20,21,22). The van der Waals surface area contributed by atoms with Crippen molar-refractivity contribution in [3.8, 4) is 0 Å². The van der Waals surface area contributed by atoms with Gasteiger partial charge in [0.25, 0.3) is 0 Å². The summed E-state index contributed by atoms with van der Waals surface area (Å²) in [6, 6.07) is 10.6. The first kappa shape index (κ1) is 15.8. The molecular formula is C19H26N4. The smallest absolute Gasteiger partial charge is 0.227 e. The summed E-state index contributed by atoms with van der Waals surface area (Å²) < 4.78 is 0. The number of aryl methyl sites for hydroxylation is 2. The molecule has 3 rings (SSSR count). The second-order valence-electron chi connectivity index (χ2n) is 6.43. The highest BCUT2D eigenvalue weighted by molar-refractivity contribution is 5.44. The van der Waals surface area contributed by atoms with Crippen molar-refractivity contribution in [2.75, 3.05) is 23.3 Å². The van der Waals surface area contributed by atoms with Crippen LogP contribution in [0.15, 0.2) is 30.3 Å². The van der Waals surface area contributed by atoms with Crippen LogP contribution in [-0.4, -0.2) is 23.1 Å². The van der Waals surface area contributed by atoms with Crippen LogP contribution in [0.25, 0.3) is 0 Å². The second kappa shape index (κ2) is 7.44. The van der Waals surface area contributed by atoms with E-state index in [4.69, 9.17) is 4.98 Å². The van der Waals surface area contributed by atoms with E-state index in [1.807, 2.05) is 13.0 Å². The van der Waals surface area contributed by atoms with Gasteiger partial charge in [-0.25, -0.2) is 4.98 Å². The molecule has 0 amide bonds. The van der Waals surface area contributed by atoms with E-state index < -0.39 is 0 Å². The van der Waals surface area contributed by atoms with Crippen molar-refractivity contribution in [2.24, 2.45) is 0 Å². The van der Waals surface area contributed by atoms with Crippen molar-refractivity contribution in [1.82, 2.24) is 9.97 Å².